The molecule has 10 heteroatoms. The second kappa shape index (κ2) is 10.5. The van der Waals surface area contributed by atoms with Crippen LogP contribution in [0, 0.1) is 0 Å². The van der Waals surface area contributed by atoms with E-state index in [0.29, 0.717) is 22.4 Å². The number of methoxy groups -OCH3 is 2. The highest BCUT2D eigenvalue weighted by Crippen LogP contribution is 2.40. The van der Waals surface area contributed by atoms with Crippen LogP contribution in [0.4, 0.5) is 0 Å². The third-order valence-electron chi connectivity index (χ3n) is 3.64. The molecular formula is C19H17Cl2N3O5. The molecule has 2 aromatic carbocycles. The van der Waals surface area contributed by atoms with Gasteiger partial charge in [0.25, 0.3) is 11.8 Å². The van der Waals surface area contributed by atoms with Crippen LogP contribution < -0.4 is 20.4 Å². The molecule has 3 N–H and O–H groups in total. The van der Waals surface area contributed by atoms with Crippen molar-refractivity contribution in [2.24, 2.45) is 5.10 Å². The van der Waals surface area contributed by atoms with E-state index in [0.717, 1.165) is 6.08 Å². The molecule has 0 fully saturated rings. The first-order valence-corrected chi connectivity index (χ1v) is 8.82. The average Bonchev–Trinajstić information content (AvgIpc) is 2.73. The average molecular weight is 438 g/mol. The van der Waals surface area contributed by atoms with Gasteiger partial charge in [0, 0.05) is 23.3 Å². The highest BCUT2D eigenvalue weighted by atomic mass is 35.5. The van der Waals surface area contributed by atoms with Gasteiger partial charge in [-0.3, -0.25) is 14.8 Å². The van der Waals surface area contributed by atoms with Crippen molar-refractivity contribution in [2.75, 3.05) is 14.2 Å². The van der Waals surface area contributed by atoms with E-state index in [1.807, 2.05) is 0 Å². The molecule has 152 valence electrons. The number of nitrogens with one attached hydrogen (secondary N) is 2. The van der Waals surface area contributed by atoms with Crippen molar-refractivity contribution in [1.29, 1.82) is 0 Å². The number of amides is 2. The van der Waals surface area contributed by atoms with Crippen molar-refractivity contribution in [3.05, 3.63) is 63.1 Å². The van der Waals surface area contributed by atoms with Crippen molar-refractivity contribution in [3.63, 3.8) is 0 Å². The van der Waals surface area contributed by atoms with Gasteiger partial charge in [-0.1, -0.05) is 35.3 Å². The van der Waals surface area contributed by atoms with Gasteiger partial charge in [0.1, 0.15) is 0 Å². The minimum absolute atomic E-state index is 0.184. The van der Waals surface area contributed by atoms with E-state index < -0.39 is 11.8 Å². The van der Waals surface area contributed by atoms with Crippen molar-refractivity contribution in [1.82, 2.24) is 10.9 Å². The van der Waals surface area contributed by atoms with Gasteiger partial charge in [-0.25, -0.2) is 10.9 Å². The molecule has 0 bridgehead atoms. The molecule has 2 aromatic rings. The van der Waals surface area contributed by atoms with E-state index in [1.54, 1.807) is 24.3 Å². The molecule has 0 aliphatic carbocycles. The fraction of sp³-hybridized carbons (Fsp3) is 0.105. The van der Waals surface area contributed by atoms with Gasteiger partial charge in [0.2, 0.25) is 0 Å². The summed E-state index contributed by atoms with van der Waals surface area (Å²) in [7, 11) is 2.89. The maximum absolute atomic E-state index is 12.3. The predicted molar refractivity (Wildman–Crippen MR) is 110 cm³/mol. The maximum atomic E-state index is 12.3. The molecule has 0 radical (unpaired) electrons. The van der Waals surface area contributed by atoms with Crippen LogP contribution in [0.3, 0.4) is 0 Å². The monoisotopic (exact) mass is 437 g/mol. The summed E-state index contributed by atoms with van der Waals surface area (Å²) in [4.78, 5) is 23.3. The van der Waals surface area contributed by atoms with Gasteiger partial charge in [-0.2, -0.15) is 5.10 Å². The van der Waals surface area contributed by atoms with Gasteiger partial charge in [-0.05, 0) is 23.8 Å². The highest BCUT2D eigenvalue weighted by Gasteiger charge is 2.16. The molecule has 0 saturated heterocycles. The van der Waals surface area contributed by atoms with Gasteiger partial charge >= 0.3 is 0 Å². The van der Waals surface area contributed by atoms with E-state index in [4.69, 9.17) is 37.9 Å². The summed E-state index contributed by atoms with van der Waals surface area (Å²) in [5, 5.41) is 12.8. The molecule has 0 aromatic heterocycles. The summed E-state index contributed by atoms with van der Waals surface area (Å²) in [5.41, 5.74) is 5.08. The molecular weight excluding hydrogens is 421 g/mol. The highest BCUT2D eigenvalue weighted by molar-refractivity contribution is 6.40. The molecule has 2 rings (SSSR count). The van der Waals surface area contributed by atoms with Crippen LogP contribution in [-0.2, 0) is 4.79 Å². The lowest BCUT2D eigenvalue weighted by Gasteiger charge is -2.12. The zero-order chi connectivity index (χ0) is 21.4. The lowest BCUT2D eigenvalue weighted by Crippen LogP contribution is -2.17. The normalized spacial score (nSPS) is 10.9. The minimum Gasteiger partial charge on any atom is -0.493 e. The van der Waals surface area contributed by atoms with Crippen LogP contribution in [0.15, 0.2) is 41.5 Å². The Morgan fingerprint density at radius 3 is 2.59 bits per heavy atom. The molecule has 0 atom stereocenters. The Kier molecular flexibility index (Phi) is 8.02. The van der Waals surface area contributed by atoms with Crippen molar-refractivity contribution in [2.45, 2.75) is 0 Å². The number of carbonyl (C=O) groups excluding carboxylic acids is 2. The summed E-state index contributed by atoms with van der Waals surface area (Å²) in [6.07, 6.45) is 3.85. The second-order valence-corrected chi connectivity index (χ2v) is 6.24. The number of halogens is 2. The first-order chi connectivity index (χ1) is 13.9. The Balaban J connectivity index is 2.16. The second-order valence-electron chi connectivity index (χ2n) is 5.46. The first-order valence-electron chi connectivity index (χ1n) is 8.06. The van der Waals surface area contributed by atoms with Crippen LogP contribution in [-0.4, -0.2) is 37.5 Å². The quantitative estimate of drug-likeness (QED) is 0.266. The molecule has 0 unspecified atom stereocenters. The molecule has 0 saturated carbocycles. The topological polar surface area (TPSA) is 109 Å². The van der Waals surface area contributed by atoms with Crippen LogP contribution in [0.2, 0.25) is 10.0 Å². The van der Waals surface area contributed by atoms with Crippen molar-refractivity contribution < 1.29 is 24.3 Å². The SMILES string of the molecule is COc1cc(Cl)c(/C=N/NC(=O)c2cccc(/C=C/C(=O)NO)c2)c(Cl)c1OC. The Morgan fingerprint density at radius 2 is 1.93 bits per heavy atom. The van der Waals surface area contributed by atoms with Crippen molar-refractivity contribution in [3.8, 4) is 11.5 Å². The fourth-order valence-electron chi connectivity index (χ4n) is 2.27. The Labute approximate surface area is 176 Å². The predicted octanol–water partition coefficient (Wildman–Crippen LogP) is 3.29. The number of nitrogens with zero attached hydrogens (tertiary/aromatic N) is 1. The summed E-state index contributed by atoms with van der Waals surface area (Å²) in [6.45, 7) is 0. The van der Waals surface area contributed by atoms with E-state index in [1.165, 1.54) is 38.1 Å². The molecule has 0 aliphatic rings. The standard InChI is InChI=1S/C19H17Cl2N3O5/c1-28-15-9-14(20)13(17(21)18(15)29-2)10-22-23-19(26)12-5-3-4-11(8-12)6-7-16(25)24-27/h3-10,27H,1-2H3,(H,23,26)(H,24,25)/b7-6+,22-10+. The number of rotatable bonds is 7. The first kappa shape index (κ1) is 22.2. The summed E-state index contributed by atoms with van der Waals surface area (Å²) >= 11 is 12.5. The van der Waals surface area contributed by atoms with Gasteiger partial charge in [-0.15, -0.1) is 0 Å². The van der Waals surface area contributed by atoms with Gasteiger partial charge < -0.3 is 9.47 Å². The zero-order valence-electron chi connectivity index (χ0n) is 15.4. The van der Waals surface area contributed by atoms with Crippen LogP contribution >= 0.6 is 23.2 Å². The Morgan fingerprint density at radius 1 is 1.17 bits per heavy atom. The minimum atomic E-state index is -0.687. The van der Waals surface area contributed by atoms with Crippen molar-refractivity contribution >= 4 is 47.3 Å². The molecule has 2 amide bonds. The third kappa shape index (κ3) is 5.71. The lowest BCUT2D eigenvalue weighted by atomic mass is 10.1. The molecule has 8 nitrogen and oxygen atoms in total. The van der Waals surface area contributed by atoms with E-state index in [9.17, 15) is 9.59 Å². The van der Waals surface area contributed by atoms with Crippen LogP contribution in [0.1, 0.15) is 21.5 Å². The molecule has 0 heterocycles. The molecule has 29 heavy (non-hydrogen) atoms. The number of benzene rings is 2. The number of hydrogen-bond acceptors (Lipinski definition) is 6. The summed E-state index contributed by atoms with van der Waals surface area (Å²) in [6, 6.07) is 7.96. The van der Waals surface area contributed by atoms with Gasteiger partial charge in [0.15, 0.2) is 11.5 Å². The van der Waals surface area contributed by atoms with Crippen LogP contribution in [0.5, 0.6) is 11.5 Å². The zero-order valence-corrected chi connectivity index (χ0v) is 16.9. The lowest BCUT2D eigenvalue weighted by molar-refractivity contribution is -0.124. The summed E-state index contributed by atoms with van der Waals surface area (Å²) < 4.78 is 10.4. The summed E-state index contributed by atoms with van der Waals surface area (Å²) in [5.74, 6) is -0.523. The number of hydroxylamine groups is 1. The number of hydrazone groups is 1. The third-order valence-corrected chi connectivity index (χ3v) is 4.33. The molecule has 0 spiro atoms. The number of hydrogen-bond donors (Lipinski definition) is 3. The van der Waals surface area contributed by atoms with E-state index >= 15 is 0 Å². The number of ether oxygens (including phenoxy) is 2. The van der Waals surface area contributed by atoms with Crippen LogP contribution in [0.25, 0.3) is 6.08 Å². The maximum Gasteiger partial charge on any atom is 0.271 e. The smallest absolute Gasteiger partial charge is 0.271 e. The van der Waals surface area contributed by atoms with E-state index in [-0.39, 0.29) is 15.8 Å². The fourth-order valence-corrected chi connectivity index (χ4v) is 2.88. The molecule has 0 aliphatic heterocycles. The Hall–Kier alpha value is -3.07. The largest absolute Gasteiger partial charge is 0.493 e. The van der Waals surface area contributed by atoms with E-state index in [2.05, 4.69) is 10.5 Å². The Bertz CT molecular complexity index is 977. The van der Waals surface area contributed by atoms with Gasteiger partial charge in [0.05, 0.1) is 30.5 Å². The number of carbonyl (C=O) groups is 2.